The van der Waals surface area contributed by atoms with Crippen LogP contribution in [0.1, 0.15) is 6.92 Å². The second-order valence-electron chi connectivity index (χ2n) is 5.17. The highest BCUT2D eigenvalue weighted by atomic mass is 35.5. The van der Waals surface area contributed by atoms with E-state index < -0.39 is 0 Å². The maximum atomic E-state index is 12.2. The zero-order valence-electron chi connectivity index (χ0n) is 13.2. The molecule has 1 aromatic rings. The number of hydrogen-bond acceptors (Lipinski definition) is 5. The number of methoxy groups -OCH3 is 2. The summed E-state index contributed by atoms with van der Waals surface area (Å²) in [4.78, 5) is 14.3. The van der Waals surface area contributed by atoms with Gasteiger partial charge in [-0.2, -0.15) is 0 Å². The molecular formula is C15H24ClN3O3. The largest absolute Gasteiger partial charge is 0.497 e. The van der Waals surface area contributed by atoms with Gasteiger partial charge in [-0.25, -0.2) is 0 Å². The van der Waals surface area contributed by atoms with E-state index in [9.17, 15) is 4.79 Å². The number of carbonyl (C=O) groups is 1. The summed E-state index contributed by atoms with van der Waals surface area (Å²) in [5, 5.41) is 6.21. The van der Waals surface area contributed by atoms with Gasteiger partial charge in [-0.15, -0.1) is 12.4 Å². The maximum Gasteiger partial charge on any atom is 0.238 e. The van der Waals surface area contributed by atoms with Crippen LogP contribution in [0.15, 0.2) is 18.2 Å². The molecule has 22 heavy (non-hydrogen) atoms. The molecule has 2 N–H and O–H groups in total. The zero-order valence-corrected chi connectivity index (χ0v) is 14.0. The number of piperazine rings is 1. The van der Waals surface area contributed by atoms with Crippen LogP contribution in [-0.2, 0) is 4.79 Å². The molecule has 1 amide bonds. The van der Waals surface area contributed by atoms with Crippen molar-refractivity contribution >= 4 is 24.0 Å². The summed E-state index contributed by atoms with van der Waals surface area (Å²) in [6.07, 6.45) is 0. The molecule has 0 unspecified atom stereocenters. The molecule has 0 aliphatic carbocycles. The van der Waals surface area contributed by atoms with E-state index in [1.165, 1.54) is 0 Å². The standard InChI is InChI=1S/C15H23N3O3.ClH/c1-11-9-16-4-5-18(11)10-15(19)17-12-6-13(20-2)8-14(7-12)21-3;/h6-8,11,16H,4-5,9-10H2,1-3H3,(H,17,19);1H/t11-;/m0./s1. The van der Waals surface area contributed by atoms with Crippen molar-refractivity contribution in [3.63, 3.8) is 0 Å². The normalized spacial score (nSPS) is 18.2. The van der Waals surface area contributed by atoms with Crippen LogP contribution in [0, 0.1) is 0 Å². The number of halogens is 1. The van der Waals surface area contributed by atoms with Crippen LogP contribution in [0.3, 0.4) is 0 Å². The number of nitrogens with zero attached hydrogens (tertiary/aromatic N) is 1. The van der Waals surface area contributed by atoms with Crippen LogP contribution in [0.2, 0.25) is 0 Å². The molecule has 7 heteroatoms. The number of amides is 1. The second kappa shape index (κ2) is 8.82. The van der Waals surface area contributed by atoms with E-state index in [0.717, 1.165) is 19.6 Å². The number of rotatable bonds is 5. The summed E-state index contributed by atoms with van der Waals surface area (Å²) < 4.78 is 10.4. The lowest BCUT2D eigenvalue weighted by molar-refractivity contribution is -0.118. The Bertz CT molecular complexity index is 477. The van der Waals surface area contributed by atoms with Gasteiger partial charge in [0.25, 0.3) is 0 Å². The quantitative estimate of drug-likeness (QED) is 0.854. The highest BCUT2D eigenvalue weighted by Gasteiger charge is 2.20. The number of hydrogen-bond donors (Lipinski definition) is 2. The fraction of sp³-hybridized carbons (Fsp3) is 0.533. The molecular weight excluding hydrogens is 306 g/mol. The van der Waals surface area contributed by atoms with Gasteiger partial charge >= 0.3 is 0 Å². The number of carbonyl (C=O) groups excluding carboxylic acids is 1. The minimum atomic E-state index is -0.0287. The Morgan fingerprint density at radius 2 is 1.95 bits per heavy atom. The Morgan fingerprint density at radius 1 is 1.32 bits per heavy atom. The average Bonchev–Trinajstić information content (AvgIpc) is 2.49. The predicted octanol–water partition coefficient (Wildman–Crippen LogP) is 1.36. The smallest absolute Gasteiger partial charge is 0.238 e. The van der Waals surface area contributed by atoms with Crippen LogP contribution in [0.5, 0.6) is 11.5 Å². The average molecular weight is 330 g/mol. The first-order chi connectivity index (χ1) is 10.1. The van der Waals surface area contributed by atoms with Crippen molar-refractivity contribution in [2.24, 2.45) is 0 Å². The van der Waals surface area contributed by atoms with Crippen LogP contribution < -0.4 is 20.1 Å². The second-order valence-corrected chi connectivity index (χ2v) is 5.17. The lowest BCUT2D eigenvalue weighted by atomic mass is 10.2. The van der Waals surface area contributed by atoms with Gasteiger partial charge in [0.2, 0.25) is 5.91 Å². The Hall–Kier alpha value is -1.50. The highest BCUT2D eigenvalue weighted by Crippen LogP contribution is 2.25. The van der Waals surface area contributed by atoms with Crippen LogP contribution in [-0.4, -0.2) is 57.2 Å². The lowest BCUT2D eigenvalue weighted by Crippen LogP contribution is -2.51. The first-order valence-electron chi connectivity index (χ1n) is 7.10. The van der Waals surface area contributed by atoms with Gasteiger partial charge in [0.1, 0.15) is 11.5 Å². The van der Waals surface area contributed by atoms with Crippen molar-refractivity contribution in [1.82, 2.24) is 10.2 Å². The monoisotopic (exact) mass is 329 g/mol. The molecule has 2 rings (SSSR count). The third-order valence-electron chi connectivity index (χ3n) is 3.62. The molecule has 1 saturated heterocycles. The molecule has 1 aliphatic rings. The Morgan fingerprint density at radius 3 is 2.50 bits per heavy atom. The fourth-order valence-electron chi connectivity index (χ4n) is 2.38. The van der Waals surface area contributed by atoms with Crippen molar-refractivity contribution < 1.29 is 14.3 Å². The van der Waals surface area contributed by atoms with Crippen molar-refractivity contribution in [2.45, 2.75) is 13.0 Å². The van der Waals surface area contributed by atoms with Gasteiger partial charge in [0.15, 0.2) is 0 Å². The summed E-state index contributed by atoms with van der Waals surface area (Å²) >= 11 is 0. The van der Waals surface area contributed by atoms with Gasteiger partial charge in [0.05, 0.1) is 20.8 Å². The minimum absolute atomic E-state index is 0. The number of nitrogens with one attached hydrogen (secondary N) is 2. The van der Waals surface area contributed by atoms with Gasteiger partial charge in [-0.05, 0) is 6.92 Å². The van der Waals surface area contributed by atoms with Crippen molar-refractivity contribution in [3.05, 3.63) is 18.2 Å². The summed E-state index contributed by atoms with van der Waals surface area (Å²) in [7, 11) is 3.17. The molecule has 1 atom stereocenters. The number of anilines is 1. The SMILES string of the molecule is COc1cc(NC(=O)CN2CCNC[C@@H]2C)cc(OC)c1.Cl. The van der Waals surface area contributed by atoms with E-state index in [-0.39, 0.29) is 18.3 Å². The molecule has 0 saturated carbocycles. The van der Waals surface area contributed by atoms with Gasteiger partial charge < -0.3 is 20.1 Å². The zero-order chi connectivity index (χ0) is 15.2. The Balaban J connectivity index is 0.00000242. The highest BCUT2D eigenvalue weighted by molar-refractivity contribution is 5.92. The molecule has 0 radical (unpaired) electrons. The predicted molar refractivity (Wildman–Crippen MR) is 89.3 cm³/mol. The fourth-order valence-corrected chi connectivity index (χ4v) is 2.38. The van der Waals surface area contributed by atoms with E-state index in [2.05, 4.69) is 22.5 Å². The Labute approximate surface area is 137 Å². The molecule has 1 aliphatic heterocycles. The summed E-state index contributed by atoms with van der Waals surface area (Å²) in [5.41, 5.74) is 0.680. The summed E-state index contributed by atoms with van der Waals surface area (Å²) in [6, 6.07) is 5.70. The first kappa shape index (κ1) is 18.5. The van der Waals surface area contributed by atoms with E-state index in [1.807, 2.05) is 0 Å². The molecule has 0 aromatic heterocycles. The molecule has 1 aromatic carbocycles. The Kier molecular flexibility index (Phi) is 7.44. The molecule has 1 heterocycles. The van der Waals surface area contributed by atoms with Gasteiger partial charge in [0, 0.05) is 49.6 Å². The molecule has 124 valence electrons. The summed E-state index contributed by atoms with van der Waals surface area (Å²) in [6.45, 7) is 5.23. The molecule has 0 bridgehead atoms. The van der Waals surface area contributed by atoms with Crippen LogP contribution >= 0.6 is 12.4 Å². The van der Waals surface area contributed by atoms with Crippen LogP contribution in [0.25, 0.3) is 0 Å². The minimum Gasteiger partial charge on any atom is -0.497 e. The van der Waals surface area contributed by atoms with Crippen LogP contribution in [0.4, 0.5) is 5.69 Å². The van der Waals surface area contributed by atoms with E-state index >= 15 is 0 Å². The topological polar surface area (TPSA) is 62.8 Å². The van der Waals surface area contributed by atoms with Crippen molar-refractivity contribution in [1.29, 1.82) is 0 Å². The number of ether oxygens (including phenoxy) is 2. The maximum absolute atomic E-state index is 12.2. The molecule has 0 spiro atoms. The number of benzene rings is 1. The van der Waals surface area contributed by atoms with Gasteiger partial charge in [-0.1, -0.05) is 0 Å². The third kappa shape index (κ3) is 5.05. The first-order valence-corrected chi connectivity index (χ1v) is 7.10. The van der Waals surface area contributed by atoms with E-state index in [0.29, 0.717) is 29.8 Å². The van der Waals surface area contributed by atoms with E-state index in [1.54, 1.807) is 32.4 Å². The molecule has 6 nitrogen and oxygen atoms in total. The lowest BCUT2D eigenvalue weighted by Gasteiger charge is -2.33. The van der Waals surface area contributed by atoms with Crippen molar-refractivity contribution in [3.8, 4) is 11.5 Å². The van der Waals surface area contributed by atoms with Crippen molar-refractivity contribution in [2.75, 3.05) is 45.7 Å². The summed E-state index contributed by atoms with van der Waals surface area (Å²) in [5.74, 6) is 1.28. The third-order valence-corrected chi connectivity index (χ3v) is 3.62. The van der Waals surface area contributed by atoms with Gasteiger partial charge in [-0.3, -0.25) is 9.69 Å². The molecule has 1 fully saturated rings. The van der Waals surface area contributed by atoms with E-state index in [4.69, 9.17) is 9.47 Å².